The molecule has 0 aromatic heterocycles. The molecule has 1 atom stereocenters. The highest BCUT2D eigenvalue weighted by Gasteiger charge is 2.25. The van der Waals surface area contributed by atoms with E-state index in [0.29, 0.717) is 5.56 Å². The largest absolute Gasteiger partial charge is 0.339 e. The van der Waals surface area contributed by atoms with E-state index in [1.165, 1.54) is 23.4 Å². The summed E-state index contributed by atoms with van der Waals surface area (Å²) in [6.07, 6.45) is 4.82. The molecule has 2 aromatic rings. The molecule has 2 aromatic carbocycles. The molecule has 1 aliphatic heterocycles. The van der Waals surface area contributed by atoms with Gasteiger partial charge in [0.05, 0.1) is 10.5 Å². The lowest BCUT2D eigenvalue weighted by Gasteiger charge is -2.19. The Kier molecular flexibility index (Phi) is 7.03. The summed E-state index contributed by atoms with van der Waals surface area (Å²) < 4.78 is 28.7. The van der Waals surface area contributed by atoms with E-state index in [1.807, 2.05) is 37.4 Å². The fourth-order valence-electron chi connectivity index (χ4n) is 3.52. The minimum Gasteiger partial charge on any atom is -0.339 e. The van der Waals surface area contributed by atoms with E-state index in [4.69, 9.17) is 0 Å². The van der Waals surface area contributed by atoms with Crippen molar-refractivity contribution < 1.29 is 13.2 Å². The molecule has 0 spiro atoms. The predicted molar refractivity (Wildman–Crippen MR) is 118 cm³/mol. The normalized spacial score (nSPS) is 15.5. The predicted octanol–water partition coefficient (Wildman–Crippen LogP) is 4.25. The van der Waals surface area contributed by atoms with Crippen molar-refractivity contribution in [2.45, 2.75) is 48.9 Å². The molecule has 7 heteroatoms. The number of rotatable bonds is 7. The monoisotopic (exact) mass is 432 g/mol. The smallest absolute Gasteiger partial charge is 0.255 e. The van der Waals surface area contributed by atoms with Gasteiger partial charge in [0.1, 0.15) is 0 Å². The van der Waals surface area contributed by atoms with Crippen LogP contribution >= 0.6 is 11.8 Å². The molecule has 1 fully saturated rings. The number of thioether (sulfide) groups is 1. The van der Waals surface area contributed by atoms with Gasteiger partial charge >= 0.3 is 0 Å². The maximum Gasteiger partial charge on any atom is 0.255 e. The first-order chi connectivity index (χ1) is 13.9. The molecule has 3 rings (SSSR count). The van der Waals surface area contributed by atoms with Gasteiger partial charge in [-0.05, 0) is 61.8 Å². The van der Waals surface area contributed by atoms with Crippen molar-refractivity contribution in [2.24, 2.45) is 0 Å². The summed E-state index contributed by atoms with van der Waals surface area (Å²) in [7, 11) is -3.76. The molecule has 1 saturated heterocycles. The fourth-order valence-corrected chi connectivity index (χ4v) is 5.35. The van der Waals surface area contributed by atoms with Crippen LogP contribution in [0.2, 0.25) is 0 Å². The quantitative estimate of drug-likeness (QED) is 0.665. The number of likely N-dealkylation sites (tertiary alicyclic amines) is 1. The van der Waals surface area contributed by atoms with Crippen LogP contribution in [0, 0.1) is 0 Å². The average Bonchev–Trinajstić information content (AvgIpc) is 3.27. The van der Waals surface area contributed by atoms with Gasteiger partial charge in [-0.25, -0.2) is 13.1 Å². The van der Waals surface area contributed by atoms with Crippen molar-refractivity contribution in [1.82, 2.24) is 9.62 Å². The molecule has 0 unspecified atom stereocenters. The topological polar surface area (TPSA) is 66.5 Å². The lowest BCUT2D eigenvalue weighted by molar-refractivity contribution is 0.0789. The van der Waals surface area contributed by atoms with Gasteiger partial charge in [-0.15, -0.1) is 11.8 Å². The molecule has 0 radical (unpaired) electrons. The Labute approximate surface area is 177 Å². The average molecular weight is 433 g/mol. The van der Waals surface area contributed by atoms with Gasteiger partial charge in [-0.2, -0.15) is 0 Å². The van der Waals surface area contributed by atoms with E-state index in [0.717, 1.165) is 42.8 Å². The van der Waals surface area contributed by atoms with Crippen molar-refractivity contribution in [3.63, 3.8) is 0 Å². The first-order valence-electron chi connectivity index (χ1n) is 9.94. The molecule has 1 heterocycles. The van der Waals surface area contributed by atoms with E-state index in [-0.39, 0.29) is 16.8 Å². The zero-order valence-electron chi connectivity index (χ0n) is 17.1. The number of hydrogen-bond donors (Lipinski definition) is 1. The first kappa shape index (κ1) is 21.9. The third kappa shape index (κ3) is 5.02. The molecule has 29 heavy (non-hydrogen) atoms. The lowest BCUT2D eigenvalue weighted by Crippen LogP contribution is -2.29. The highest BCUT2D eigenvalue weighted by molar-refractivity contribution is 7.98. The van der Waals surface area contributed by atoms with Gasteiger partial charge in [-0.3, -0.25) is 4.79 Å². The Morgan fingerprint density at radius 2 is 1.79 bits per heavy atom. The Hall–Kier alpha value is -1.83. The number of sulfonamides is 1. The van der Waals surface area contributed by atoms with E-state index in [2.05, 4.69) is 11.6 Å². The third-order valence-electron chi connectivity index (χ3n) is 5.32. The van der Waals surface area contributed by atoms with Crippen molar-refractivity contribution in [2.75, 3.05) is 19.3 Å². The molecular formula is C22H28N2O3S2. The molecular weight excluding hydrogens is 404 g/mol. The van der Waals surface area contributed by atoms with Gasteiger partial charge in [0, 0.05) is 24.0 Å². The Morgan fingerprint density at radius 3 is 2.38 bits per heavy atom. The number of aryl methyl sites for hydroxylation is 1. The molecule has 0 bridgehead atoms. The van der Waals surface area contributed by atoms with Crippen LogP contribution in [-0.4, -0.2) is 38.6 Å². The van der Waals surface area contributed by atoms with E-state index in [1.54, 1.807) is 17.0 Å². The molecule has 1 amide bonds. The van der Waals surface area contributed by atoms with Crippen LogP contribution < -0.4 is 4.72 Å². The lowest BCUT2D eigenvalue weighted by atomic mass is 10.1. The SMILES string of the molecule is CCc1ccc([C@H](C)NS(=O)(=O)c2ccc(SC)c(C(=O)N3CCCC3)c2)cc1. The number of carbonyl (C=O) groups is 1. The molecule has 0 saturated carbocycles. The van der Waals surface area contributed by atoms with Crippen molar-refractivity contribution in [3.05, 3.63) is 59.2 Å². The summed E-state index contributed by atoms with van der Waals surface area (Å²) in [5.41, 5.74) is 2.57. The Bertz CT molecular complexity index is 966. The van der Waals surface area contributed by atoms with Crippen LogP contribution in [0.1, 0.15) is 54.2 Å². The second kappa shape index (κ2) is 9.32. The molecule has 0 aliphatic carbocycles. The van der Waals surface area contributed by atoms with Crippen LogP contribution in [0.15, 0.2) is 52.3 Å². The fraction of sp³-hybridized carbons (Fsp3) is 0.409. The van der Waals surface area contributed by atoms with Gasteiger partial charge in [0.25, 0.3) is 5.91 Å². The van der Waals surface area contributed by atoms with Gasteiger partial charge in [0.2, 0.25) is 10.0 Å². The second-order valence-corrected chi connectivity index (χ2v) is 9.86. The van der Waals surface area contributed by atoms with Gasteiger partial charge in [0.15, 0.2) is 0 Å². The van der Waals surface area contributed by atoms with Crippen LogP contribution in [0.25, 0.3) is 0 Å². The maximum atomic E-state index is 13.0. The molecule has 5 nitrogen and oxygen atoms in total. The number of nitrogens with zero attached hydrogens (tertiary/aromatic N) is 1. The zero-order chi connectivity index (χ0) is 21.0. The second-order valence-electron chi connectivity index (χ2n) is 7.30. The Balaban J connectivity index is 1.85. The summed E-state index contributed by atoms with van der Waals surface area (Å²) in [6, 6.07) is 12.4. The number of amides is 1. The minimum atomic E-state index is -3.76. The summed E-state index contributed by atoms with van der Waals surface area (Å²) in [4.78, 5) is 15.6. The standard InChI is InChI=1S/C22H28N2O3S2/c1-4-17-7-9-18(10-8-17)16(2)23-29(26,27)19-11-12-21(28-3)20(15-19)22(25)24-13-5-6-14-24/h7-12,15-16,23H,4-6,13-14H2,1-3H3/t16-/m0/s1. The van der Waals surface area contributed by atoms with E-state index in [9.17, 15) is 13.2 Å². The summed E-state index contributed by atoms with van der Waals surface area (Å²) in [5, 5.41) is 0. The maximum absolute atomic E-state index is 13.0. The number of benzene rings is 2. The summed E-state index contributed by atoms with van der Waals surface area (Å²) in [6.45, 7) is 5.37. The first-order valence-corrected chi connectivity index (χ1v) is 12.6. The third-order valence-corrected chi connectivity index (χ3v) is 7.66. The molecule has 1 N–H and O–H groups in total. The highest BCUT2D eigenvalue weighted by atomic mass is 32.2. The van der Waals surface area contributed by atoms with Crippen LogP contribution in [0.3, 0.4) is 0 Å². The summed E-state index contributed by atoms with van der Waals surface area (Å²) in [5.74, 6) is -0.0906. The van der Waals surface area contributed by atoms with E-state index >= 15 is 0 Å². The van der Waals surface area contributed by atoms with Crippen molar-refractivity contribution in [3.8, 4) is 0 Å². The number of hydrogen-bond acceptors (Lipinski definition) is 4. The molecule has 1 aliphatic rings. The zero-order valence-corrected chi connectivity index (χ0v) is 18.8. The van der Waals surface area contributed by atoms with Crippen LogP contribution in [0.4, 0.5) is 0 Å². The number of carbonyl (C=O) groups excluding carboxylic acids is 1. The highest BCUT2D eigenvalue weighted by Crippen LogP contribution is 2.27. The van der Waals surface area contributed by atoms with Gasteiger partial charge < -0.3 is 4.90 Å². The van der Waals surface area contributed by atoms with Crippen molar-refractivity contribution >= 4 is 27.7 Å². The summed E-state index contributed by atoms with van der Waals surface area (Å²) >= 11 is 1.45. The minimum absolute atomic E-state index is 0.0906. The molecule has 156 valence electrons. The number of nitrogens with one attached hydrogen (secondary N) is 1. The van der Waals surface area contributed by atoms with Crippen LogP contribution in [0.5, 0.6) is 0 Å². The van der Waals surface area contributed by atoms with Crippen LogP contribution in [-0.2, 0) is 16.4 Å². The van der Waals surface area contributed by atoms with Gasteiger partial charge in [-0.1, -0.05) is 31.2 Å². The van der Waals surface area contributed by atoms with E-state index < -0.39 is 10.0 Å². The van der Waals surface area contributed by atoms with Crippen molar-refractivity contribution in [1.29, 1.82) is 0 Å². The Morgan fingerprint density at radius 1 is 1.14 bits per heavy atom.